The maximum atomic E-state index is 2.33. The molecule has 4 rings (SSSR count). The summed E-state index contributed by atoms with van der Waals surface area (Å²) >= 11 is 0. The number of fused-ring (bicyclic) bond motifs is 3. The average Bonchev–Trinajstić information content (AvgIpc) is 3.01. The first-order valence-electron chi connectivity index (χ1n) is 7.35. The lowest BCUT2D eigenvalue weighted by atomic mass is 9.82. The molecule has 2 aromatic carbocycles. The summed E-state index contributed by atoms with van der Waals surface area (Å²) in [6.45, 7) is 4.63. The van der Waals surface area contributed by atoms with E-state index in [0.29, 0.717) is 0 Å². The molecule has 0 atom stereocenters. The Hall–Kier alpha value is -1.62. The fourth-order valence-corrected chi connectivity index (χ4v) is 3.46. The SMILES string of the molecule is C[n+]1ccn(-c2ccc3c(c2)C(C)(C)c2ccccc2-3)c1.[I-]. The third-order valence-electron chi connectivity index (χ3n) is 4.63. The maximum absolute atomic E-state index is 2.33. The number of hydrogen-bond acceptors (Lipinski definition) is 0. The highest BCUT2D eigenvalue weighted by Gasteiger charge is 2.35. The zero-order valence-electron chi connectivity index (χ0n) is 13.0. The van der Waals surface area contributed by atoms with Gasteiger partial charge in [-0.05, 0) is 40.5 Å². The van der Waals surface area contributed by atoms with Gasteiger partial charge in [-0.25, -0.2) is 9.13 Å². The second-order valence-electron chi connectivity index (χ2n) is 6.39. The quantitative estimate of drug-likeness (QED) is 0.417. The van der Waals surface area contributed by atoms with Crippen molar-refractivity contribution in [2.75, 3.05) is 0 Å². The zero-order valence-corrected chi connectivity index (χ0v) is 15.2. The molecule has 1 aliphatic carbocycles. The maximum Gasteiger partial charge on any atom is 0.248 e. The van der Waals surface area contributed by atoms with E-state index in [0.717, 1.165) is 0 Å². The van der Waals surface area contributed by atoms with Crippen molar-refractivity contribution in [3.05, 3.63) is 72.3 Å². The van der Waals surface area contributed by atoms with Gasteiger partial charge < -0.3 is 24.0 Å². The van der Waals surface area contributed by atoms with Crippen LogP contribution >= 0.6 is 0 Å². The molecule has 0 unspecified atom stereocenters. The molecule has 0 fully saturated rings. The first-order valence-corrected chi connectivity index (χ1v) is 7.35. The second kappa shape index (κ2) is 5.23. The van der Waals surface area contributed by atoms with Gasteiger partial charge in [0.1, 0.15) is 18.1 Å². The van der Waals surface area contributed by atoms with Crippen molar-refractivity contribution >= 4 is 0 Å². The van der Waals surface area contributed by atoms with E-state index in [4.69, 9.17) is 0 Å². The fourth-order valence-electron chi connectivity index (χ4n) is 3.46. The number of rotatable bonds is 1. The standard InChI is InChI=1S/C19H19N2.HI/c1-19(2)17-7-5-4-6-15(17)16-9-8-14(12-18(16)19)21-11-10-20(3)13-21;/h4-13H,1-3H3;1H/q+1;/p-1. The highest BCUT2D eigenvalue weighted by molar-refractivity contribution is 5.81. The van der Waals surface area contributed by atoms with E-state index in [1.165, 1.54) is 27.9 Å². The van der Waals surface area contributed by atoms with Crippen molar-refractivity contribution in [1.82, 2.24) is 4.57 Å². The largest absolute Gasteiger partial charge is 1.00 e. The first-order chi connectivity index (χ1) is 10.1. The van der Waals surface area contributed by atoms with Gasteiger partial charge in [-0.15, -0.1) is 0 Å². The lowest BCUT2D eigenvalue weighted by molar-refractivity contribution is -0.670. The number of hydrogen-bond donors (Lipinski definition) is 0. The molecule has 1 aromatic heterocycles. The Morgan fingerprint density at radius 2 is 1.68 bits per heavy atom. The summed E-state index contributed by atoms with van der Waals surface area (Å²) in [6, 6.07) is 15.6. The van der Waals surface area contributed by atoms with E-state index < -0.39 is 0 Å². The van der Waals surface area contributed by atoms with Crippen LogP contribution in [0.3, 0.4) is 0 Å². The minimum absolute atomic E-state index is 0. The minimum Gasteiger partial charge on any atom is -1.00 e. The Kier molecular flexibility index (Phi) is 3.63. The van der Waals surface area contributed by atoms with Crippen LogP contribution in [0.25, 0.3) is 16.8 Å². The Bertz CT molecular complexity index is 846. The molecular weight excluding hydrogens is 383 g/mol. The second-order valence-corrected chi connectivity index (χ2v) is 6.39. The van der Waals surface area contributed by atoms with Crippen molar-refractivity contribution in [2.45, 2.75) is 19.3 Å². The lowest BCUT2D eigenvalue weighted by Crippen LogP contribution is -3.00. The van der Waals surface area contributed by atoms with Crippen LogP contribution in [-0.2, 0) is 12.5 Å². The molecule has 0 aliphatic heterocycles. The summed E-state index contributed by atoms with van der Waals surface area (Å²) in [7, 11) is 2.05. The molecule has 1 aliphatic rings. The number of imidazole rings is 1. The van der Waals surface area contributed by atoms with Crippen LogP contribution in [0, 0.1) is 0 Å². The molecule has 112 valence electrons. The summed E-state index contributed by atoms with van der Waals surface area (Å²) in [5.74, 6) is 0. The molecule has 0 amide bonds. The normalized spacial score (nSPS) is 14.1. The monoisotopic (exact) mass is 402 g/mol. The highest BCUT2D eigenvalue weighted by atomic mass is 127. The molecule has 1 heterocycles. The molecule has 3 heteroatoms. The molecule has 0 saturated carbocycles. The van der Waals surface area contributed by atoms with Crippen molar-refractivity contribution in [1.29, 1.82) is 0 Å². The van der Waals surface area contributed by atoms with Crippen LogP contribution in [0.2, 0.25) is 0 Å². The average molecular weight is 402 g/mol. The van der Waals surface area contributed by atoms with Crippen molar-refractivity contribution < 1.29 is 28.5 Å². The van der Waals surface area contributed by atoms with Gasteiger partial charge in [-0.1, -0.05) is 38.1 Å². The molecule has 22 heavy (non-hydrogen) atoms. The zero-order chi connectivity index (χ0) is 14.6. The molecular formula is C19H19IN2. The summed E-state index contributed by atoms with van der Waals surface area (Å²) in [5, 5.41) is 0. The summed E-state index contributed by atoms with van der Waals surface area (Å²) < 4.78 is 4.23. The Balaban J connectivity index is 0.00000144. The molecule has 0 spiro atoms. The van der Waals surface area contributed by atoms with Crippen LogP contribution in [0.15, 0.2) is 61.2 Å². The Morgan fingerprint density at radius 3 is 2.41 bits per heavy atom. The third-order valence-corrected chi connectivity index (χ3v) is 4.63. The Labute approximate surface area is 148 Å². The molecule has 0 radical (unpaired) electrons. The van der Waals surface area contributed by atoms with Gasteiger partial charge in [0.2, 0.25) is 6.33 Å². The van der Waals surface area contributed by atoms with Crippen LogP contribution in [0.4, 0.5) is 0 Å². The van der Waals surface area contributed by atoms with Crippen LogP contribution in [0.1, 0.15) is 25.0 Å². The van der Waals surface area contributed by atoms with Gasteiger partial charge >= 0.3 is 0 Å². The highest BCUT2D eigenvalue weighted by Crippen LogP contribution is 2.48. The van der Waals surface area contributed by atoms with Gasteiger partial charge in [0.05, 0.1) is 7.05 Å². The van der Waals surface area contributed by atoms with Crippen LogP contribution < -0.4 is 28.5 Å². The number of aromatic nitrogens is 2. The minimum atomic E-state index is 0. The molecule has 0 saturated heterocycles. The number of nitrogens with zero attached hydrogens (tertiary/aromatic N) is 2. The molecule has 0 N–H and O–H groups in total. The lowest BCUT2D eigenvalue weighted by Gasteiger charge is -2.21. The van der Waals surface area contributed by atoms with E-state index in [1.54, 1.807) is 0 Å². The first kappa shape index (κ1) is 15.3. The predicted molar refractivity (Wildman–Crippen MR) is 84.5 cm³/mol. The van der Waals surface area contributed by atoms with Crippen LogP contribution in [-0.4, -0.2) is 4.57 Å². The summed E-state index contributed by atoms with van der Waals surface area (Å²) in [5.41, 5.74) is 6.87. The van der Waals surface area contributed by atoms with Gasteiger partial charge in [-0.2, -0.15) is 0 Å². The molecule has 3 aromatic rings. The third kappa shape index (κ3) is 2.10. The van der Waals surface area contributed by atoms with E-state index in [2.05, 4.69) is 84.2 Å². The van der Waals surface area contributed by atoms with Gasteiger partial charge in [0, 0.05) is 5.41 Å². The number of halogens is 1. The molecule has 2 nitrogen and oxygen atoms in total. The summed E-state index contributed by atoms with van der Waals surface area (Å²) in [6.07, 6.45) is 6.25. The van der Waals surface area contributed by atoms with Crippen molar-refractivity contribution in [3.8, 4) is 16.8 Å². The van der Waals surface area contributed by atoms with E-state index >= 15 is 0 Å². The summed E-state index contributed by atoms with van der Waals surface area (Å²) in [4.78, 5) is 0. The number of aryl methyl sites for hydroxylation is 1. The Morgan fingerprint density at radius 1 is 0.955 bits per heavy atom. The van der Waals surface area contributed by atoms with Crippen LogP contribution in [0.5, 0.6) is 0 Å². The topological polar surface area (TPSA) is 8.81 Å². The van der Waals surface area contributed by atoms with E-state index in [9.17, 15) is 0 Å². The number of benzene rings is 2. The van der Waals surface area contributed by atoms with Gasteiger partial charge in [0.25, 0.3) is 0 Å². The molecule has 0 bridgehead atoms. The predicted octanol–water partition coefficient (Wildman–Crippen LogP) is 0.612. The fraction of sp³-hybridized carbons (Fsp3) is 0.211. The van der Waals surface area contributed by atoms with Gasteiger partial charge in [-0.3, -0.25) is 0 Å². The van der Waals surface area contributed by atoms with Gasteiger partial charge in [0.15, 0.2) is 0 Å². The van der Waals surface area contributed by atoms with Crippen molar-refractivity contribution in [2.24, 2.45) is 7.05 Å². The van der Waals surface area contributed by atoms with Crippen molar-refractivity contribution in [3.63, 3.8) is 0 Å². The van der Waals surface area contributed by atoms with E-state index in [-0.39, 0.29) is 29.4 Å². The van der Waals surface area contributed by atoms with E-state index in [1.807, 2.05) is 7.05 Å². The smallest absolute Gasteiger partial charge is 0.248 e.